The summed E-state index contributed by atoms with van der Waals surface area (Å²) in [7, 11) is 0. The van der Waals surface area contributed by atoms with E-state index >= 15 is 0 Å². The molecule has 1 aromatic rings. The molecule has 2 amide bonds. The molecule has 1 fully saturated rings. The van der Waals surface area contributed by atoms with Gasteiger partial charge in [-0.05, 0) is 59.6 Å². The molecule has 1 aliphatic rings. The van der Waals surface area contributed by atoms with E-state index in [9.17, 15) is 14.7 Å². The van der Waals surface area contributed by atoms with Crippen LogP contribution in [0.15, 0.2) is 24.3 Å². The topological polar surface area (TPSA) is 90.9 Å². The summed E-state index contributed by atoms with van der Waals surface area (Å²) in [6.45, 7) is 9.44. The Morgan fingerprint density at radius 3 is 2.31 bits per heavy atom. The number of para-hydroxylation sites is 2. The molecule has 0 bridgehead atoms. The number of carboxylic acid groups (broad SMARTS) is 1. The average Bonchev–Trinajstić information content (AvgIpc) is 3.27. The van der Waals surface area contributed by atoms with Gasteiger partial charge >= 0.3 is 6.09 Å². The lowest BCUT2D eigenvalue weighted by molar-refractivity contribution is -0.121. The smallest absolute Gasteiger partial charge is 0.408 e. The van der Waals surface area contributed by atoms with Crippen LogP contribution in [0.5, 0.6) is 0 Å². The zero-order valence-corrected chi connectivity index (χ0v) is 16.1. The maximum absolute atomic E-state index is 12.7. The molecule has 1 atom stereocenters. The van der Waals surface area contributed by atoms with E-state index in [4.69, 9.17) is 4.74 Å². The van der Waals surface area contributed by atoms with Crippen LogP contribution in [-0.4, -0.2) is 45.9 Å². The SMILES string of the molecule is CCOC1(Nc2ccccc2NC(=O)C(C)N(C(=O)O)C(C)(C)C)CC1. The Morgan fingerprint density at radius 2 is 1.85 bits per heavy atom. The largest absolute Gasteiger partial charge is 0.465 e. The fraction of sp³-hybridized carbons (Fsp3) is 0.579. The molecule has 0 saturated heterocycles. The third-order valence-corrected chi connectivity index (χ3v) is 4.37. The summed E-state index contributed by atoms with van der Waals surface area (Å²) >= 11 is 0. The van der Waals surface area contributed by atoms with Crippen molar-refractivity contribution in [3.05, 3.63) is 24.3 Å². The van der Waals surface area contributed by atoms with E-state index in [1.165, 1.54) is 0 Å². The van der Waals surface area contributed by atoms with Crippen LogP contribution in [0.3, 0.4) is 0 Å². The number of carbonyl (C=O) groups excluding carboxylic acids is 1. The van der Waals surface area contributed by atoms with E-state index in [1.54, 1.807) is 33.8 Å². The lowest BCUT2D eigenvalue weighted by Gasteiger charge is -2.37. The number of nitrogens with zero attached hydrogens (tertiary/aromatic N) is 1. The Hall–Kier alpha value is -2.28. The predicted molar refractivity (Wildman–Crippen MR) is 101 cm³/mol. The van der Waals surface area contributed by atoms with Crippen molar-refractivity contribution in [3.8, 4) is 0 Å². The molecule has 0 heterocycles. The molecule has 26 heavy (non-hydrogen) atoms. The Bertz CT molecular complexity index is 665. The number of anilines is 2. The van der Waals surface area contributed by atoms with Crippen molar-refractivity contribution < 1.29 is 19.4 Å². The number of carbonyl (C=O) groups is 2. The summed E-state index contributed by atoms with van der Waals surface area (Å²) in [5, 5.41) is 15.7. The first-order valence-electron chi connectivity index (χ1n) is 8.94. The molecule has 7 nitrogen and oxygen atoms in total. The van der Waals surface area contributed by atoms with Crippen LogP contribution >= 0.6 is 0 Å². The Morgan fingerprint density at radius 1 is 1.27 bits per heavy atom. The van der Waals surface area contributed by atoms with E-state index < -0.39 is 17.7 Å². The van der Waals surface area contributed by atoms with Crippen LogP contribution in [0.1, 0.15) is 47.5 Å². The highest BCUT2D eigenvalue weighted by Crippen LogP contribution is 2.41. The van der Waals surface area contributed by atoms with E-state index in [0.717, 1.165) is 23.4 Å². The molecule has 144 valence electrons. The highest BCUT2D eigenvalue weighted by molar-refractivity contribution is 5.98. The van der Waals surface area contributed by atoms with Crippen LogP contribution in [0, 0.1) is 0 Å². The first kappa shape index (κ1) is 20.0. The highest BCUT2D eigenvalue weighted by Gasteiger charge is 2.44. The van der Waals surface area contributed by atoms with E-state index in [2.05, 4.69) is 10.6 Å². The number of ether oxygens (including phenoxy) is 1. The summed E-state index contributed by atoms with van der Waals surface area (Å²) in [5.74, 6) is -0.377. The third kappa shape index (κ3) is 4.66. The van der Waals surface area contributed by atoms with Gasteiger partial charge in [0.1, 0.15) is 11.8 Å². The van der Waals surface area contributed by atoms with Crippen LogP contribution in [0.2, 0.25) is 0 Å². The van der Waals surface area contributed by atoms with Crippen molar-refractivity contribution in [2.75, 3.05) is 17.2 Å². The molecule has 1 saturated carbocycles. The van der Waals surface area contributed by atoms with Gasteiger partial charge in [0.25, 0.3) is 0 Å². The van der Waals surface area contributed by atoms with Gasteiger partial charge < -0.3 is 20.5 Å². The van der Waals surface area contributed by atoms with E-state index in [-0.39, 0.29) is 11.6 Å². The molecule has 1 aromatic carbocycles. The first-order valence-corrected chi connectivity index (χ1v) is 8.94. The summed E-state index contributed by atoms with van der Waals surface area (Å²) in [6.07, 6.45) is 0.701. The van der Waals surface area contributed by atoms with Gasteiger partial charge in [-0.15, -0.1) is 0 Å². The lowest BCUT2D eigenvalue weighted by atomic mass is 10.0. The zero-order chi connectivity index (χ0) is 19.5. The van der Waals surface area contributed by atoms with Gasteiger partial charge in [0.2, 0.25) is 5.91 Å². The molecule has 0 radical (unpaired) electrons. The maximum atomic E-state index is 12.7. The van der Waals surface area contributed by atoms with E-state index in [1.807, 2.05) is 25.1 Å². The van der Waals surface area contributed by atoms with Crippen molar-refractivity contribution in [3.63, 3.8) is 0 Å². The number of rotatable bonds is 7. The van der Waals surface area contributed by atoms with Gasteiger partial charge in [0, 0.05) is 12.1 Å². The number of nitrogens with one attached hydrogen (secondary N) is 2. The fourth-order valence-electron chi connectivity index (χ4n) is 3.03. The number of benzene rings is 1. The number of hydrogen-bond donors (Lipinski definition) is 3. The van der Waals surface area contributed by atoms with Crippen LogP contribution < -0.4 is 10.6 Å². The first-order chi connectivity index (χ1) is 12.1. The Balaban J connectivity index is 2.15. The van der Waals surface area contributed by atoms with Gasteiger partial charge in [-0.1, -0.05) is 12.1 Å². The van der Waals surface area contributed by atoms with E-state index in [0.29, 0.717) is 12.3 Å². The Labute approximate surface area is 154 Å². The molecule has 7 heteroatoms. The monoisotopic (exact) mass is 363 g/mol. The number of amides is 2. The standard InChI is InChI=1S/C19H29N3O4/c1-6-26-19(11-12-19)21-15-10-8-7-9-14(15)20-16(23)13(2)22(17(24)25)18(3,4)5/h7-10,13,21H,6,11-12H2,1-5H3,(H,20,23)(H,24,25). The second kappa shape index (κ2) is 7.53. The van der Waals surface area contributed by atoms with Crippen LogP contribution in [-0.2, 0) is 9.53 Å². The molecule has 0 aromatic heterocycles. The zero-order valence-electron chi connectivity index (χ0n) is 16.1. The maximum Gasteiger partial charge on any atom is 0.408 e. The minimum Gasteiger partial charge on any atom is -0.465 e. The summed E-state index contributed by atoms with van der Waals surface area (Å²) in [6, 6.07) is 6.53. The minimum atomic E-state index is -1.13. The predicted octanol–water partition coefficient (Wildman–Crippen LogP) is 3.73. The Kier molecular flexibility index (Phi) is 5.81. The summed E-state index contributed by atoms with van der Waals surface area (Å²) in [5.41, 5.74) is 0.318. The summed E-state index contributed by atoms with van der Waals surface area (Å²) < 4.78 is 5.76. The molecule has 2 rings (SSSR count). The van der Waals surface area contributed by atoms with Gasteiger partial charge in [0.05, 0.1) is 11.4 Å². The molecule has 1 aliphatic carbocycles. The van der Waals surface area contributed by atoms with Crippen molar-refractivity contribution in [2.45, 2.75) is 64.8 Å². The summed E-state index contributed by atoms with van der Waals surface area (Å²) in [4.78, 5) is 25.4. The van der Waals surface area contributed by atoms with Gasteiger partial charge in [0.15, 0.2) is 0 Å². The van der Waals surface area contributed by atoms with Crippen molar-refractivity contribution in [2.24, 2.45) is 0 Å². The van der Waals surface area contributed by atoms with Gasteiger partial charge in [-0.3, -0.25) is 9.69 Å². The van der Waals surface area contributed by atoms with Crippen LogP contribution in [0.25, 0.3) is 0 Å². The number of hydrogen-bond acceptors (Lipinski definition) is 4. The van der Waals surface area contributed by atoms with Crippen molar-refractivity contribution in [1.82, 2.24) is 4.90 Å². The van der Waals surface area contributed by atoms with Crippen LogP contribution in [0.4, 0.5) is 16.2 Å². The minimum absolute atomic E-state index is 0.361. The molecular weight excluding hydrogens is 334 g/mol. The molecular formula is C19H29N3O4. The van der Waals surface area contributed by atoms with Crippen molar-refractivity contribution >= 4 is 23.4 Å². The molecule has 1 unspecified atom stereocenters. The molecule has 3 N–H and O–H groups in total. The quantitative estimate of drug-likeness (QED) is 0.642. The lowest BCUT2D eigenvalue weighted by Crippen LogP contribution is -2.54. The normalized spacial score (nSPS) is 16.5. The second-order valence-corrected chi connectivity index (χ2v) is 7.59. The molecule has 0 spiro atoms. The second-order valence-electron chi connectivity index (χ2n) is 7.59. The average molecular weight is 363 g/mol. The van der Waals surface area contributed by atoms with Gasteiger partial charge in [-0.25, -0.2) is 4.79 Å². The molecule has 0 aliphatic heterocycles. The fourth-order valence-corrected chi connectivity index (χ4v) is 3.03. The third-order valence-electron chi connectivity index (χ3n) is 4.37. The highest BCUT2D eigenvalue weighted by atomic mass is 16.5. The van der Waals surface area contributed by atoms with Crippen molar-refractivity contribution in [1.29, 1.82) is 0 Å². The van der Waals surface area contributed by atoms with Gasteiger partial charge in [-0.2, -0.15) is 0 Å².